The summed E-state index contributed by atoms with van der Waals surface area (Å²) in [5.74, 6) is 3.19. The lowest BCUT2D eigenvalue weighted by atomic mass is 10.1. The molecule has 1 aromatic rings. The third-order valence-electron chi connectivity index (χ3n) is 3.33. The molecule has 100 valence electrons. The lowest BCUT2D eigenvalue weighted by Crippen LogP contribution is -2.48. The summed E-state index contributed by atoms with van der Waals surface area (Å²) < 4.78 is 0. The van der Waals surface area contributed by atoms with Crippen LogP contribution < -0.4 is 0 Å². The van der Waals surface area contributed by atoms with E-state index >= 15 is 0 Å². The Hall–Kier alpha value is -1.50. The van der Waals surface area contributed by atoms with Crippen molar-refractivity contribution >= 4 is 17.5 Å². The van der Waals surface area contributed by atoms with Crippen molar-refractivity contribution in [3.05, 3.63) is 35.4 Å². The van der Waals surface area contributed by atoms with Crippen LogP contribution in [0.3, 0.4) is 0 Å². The van der Waals surface area contributed by atoms with Gasteiger partial charge in [0.1, 0.15) is 0 Å². The number of benzene rings is 1. The second-order valence-electron chi connectivity index (χ2n) is 4.60. The van der Waals surface area contributed by atoms with Gasteiger partial charge in [0.25, 0.3) is 5.91 Å². The van der Waals surface area contributed by atoms with Crippen LogP contribution in [0.1, 0.15) is 15.9 Å². The van der Waals surface area contributed by atoms with Crippen LogP contribution in [-0.2, 0) is 5.88 Å². The Bertz CT molecular complexity index is 470. The fraction of sp³-hybridized carbons (Fsp3) is 0.400. The molecule has 0 N–H and O–H groups in total. The number of nitrogens with zero attached hydrogens (tertiary/aromatic N) is 2. The average Bonchev–Trinajstić information content (AvgIpc) is 2.48. The van der Waals surface area contributed by atoms with E-state index in [1.165, 1.54) is 0 Å². The zero-order valence-electron chi connectivity index (χ0n) is 10.8. The summed E-state index contributed by atoms with van der Waals surface area (Å²) >= 11 is 5.74. The highest BCUT2D eigenvalue weighted by molar-refractivity contribution is 6.17. The minimum atomic E-state index is 0.0847. The first-order chi connectivity index (χ1) is 9.24. The number of hydrogen-bond donors (Lipinski definition) is 0. The predicted octanol–water partition coefficient (Wildman–Crippen LogP) is 1.82. The lowest BCUT2D eigenvalue weighted by molar-refractivity contribution is 0.0652. The maximum atomic E-state index is 12.3. The molecule has 0 spiro atoms. The molecule has 1 amide bonds. The normalized spacial score (nSPS) is 16.1. The second-order valence-corrected chi connectivity index (χ2v) is 4.87. The minimum Gasteiger partial charge on any atom is -0.336 e. The monoisotopic (exact) mass is 276 g/mol. The van der Waals surface area contributed by atoms with E-state index in [0.29, 0.717) is 12.4 Å². The van der Waals surface area contributed by atoms with Crippen molar-refractivity contribution < 1.29 is 4.79 Å². The molecule has 0 aromatic heterocycles. The van der Waals surface area contributed by atoms with Gasteiger partial charge >= 0.3 is 0 Å². The average molecular weight is 277 g/mol. The number of terminal acetylenes is 1. The van der Waals surface area contributed by atoms with Crippen molar-refractivity contribution in [3.63, 3.8) is 0 Å². The van der Waals surface area contributed by atoms with Gasteiger partial charge in [0.2, 0.25) is 0 Å². The summed E-state index contributed by atoms with van der Waals surface area (Å²) in [5, 5.41) is 0. The number of piperazine rings is 1. The number of amides is 1. The molecular weight excluding hydrogens is 260 g/mol. The van der Waals surface area contributed by atoms with Crippen LogP contribution in [0.25, 0.3) is 0 Å². The molecule has 1 heterocycles. The van der Waals surface area contributed by atoms with E-state index < -0.39 is 0 Å². The van der Waals surface area contributed by atoms with Gasteiger partial charge in [-0.1, -0.05) is 18.1 Å². The Morgan fingerprint density at radius 3 is 2.37 bits per heavy atom. The van der Waals surface area contributed by atoms with E-state index in [0.717, 1.165) is 37.3 Å². The van der Waals surface area contributed by atoms with Crippen LogP contribution >= 0.6 is 11.6 Å². The smallest absolute Gasteiger partial charge is 0.253 e. The van der Waals surface area contributed by atoms with E-state index in [4.69, 9.17) is 18.0 Å². The molecule has 19 heavy (non-hydrogen) atoms. The van der Waals surface area contributed by atoms with Gasteiger partial charge in [-0.3, -0.25) is 9.69 Å². The van der Waals surface area contributed by atoms with E-state index in [1.54, 1.807) is 0 Å². The fourth-order valence-electron chi connectivity index (χ4n) is 2.16. The third kappa shape index (κ3) is 3.50. The van der Waals surface area contributed by atoms with Crippen molar-refractivity contribution in [2.45, 2.75) is 5.88 Å². The van der Waals surface area contributed by atoms with Gasteiger partial charge in [-0.15, -0.1) is 18.0 Å². The molecule has 0 bridgehead atoms. The molecule has 0 radical (unpaired) electrons. The molecule has 0 saturated carbocycles. The molecule has 1 aromatic carbocycles. The highest BCUT2D eigenvalue weighted by Gasteiger charge is 2.21. The van der Waals surface area contributed by atoms with Crippen molar-refractivity contribution in [2.24, 2.45) is 0 Å². The third-order valence-corrected chi connectivity index (χ3v) is 3.64. The Morgan fingerprint density at radius 1 is 1.21 bits per heavy atom. The van der Waals surface area contributed by atoms with Crippen molar-refractivity contribution in [2.75, 3.05) is 32.7 Å². The maximum absolute atomic E-state index is 12.3. The van der Waals surface area contributed by atoms with Crippen molar-refractivity contribution in [3.8, 4) is 12.3 Å². The first kappa shape index (κ1) is 13.9. The Kier molecular flexibility index (Phi) is 4.84. The molecule has 1 aliphatic rings. The lowest BCUT2D eigenvalue weighted by Gasteiger charge is -2.33. The summed E-state index contributed by atoms with van der Waals surface area (Å²) in [6.45, 7) is 3.81. The maximum Gasteiger partial charge on any atom is 0.253 e. The van der Waals surface area contributed by atoms with Gasteiger partial charge < -0.3 is 4.90 Å². The van der Waals surface area contributed by atoms with E-state index in [1.807, 2.05) is 29.2 Å². The summed E-state index contributed by atoms with van der Waals surface area (Å²) in [4.78, 5) is 16.4. The quantitative estimate of drug-likeness (QED) is 0.621. The van der Waals surface area contributed by atoms with Crippen molar-refractivity contribution in [1.82, 2.24) is 9.80 Å². The van der Waals surface area contributed by atoms with Crippen LogP contribution in [0, 0.1) is 12.3 Å². The summed E-state index contributed by atoms with van der Waals surface area (Å²) in [7, 11) is 0. The standard InChI is InChI=1S/C15H17ClN2O/c1-2-7-17-8-10-18(11-9-17)15(19)14-5-3-13(12-16)4-6-14/h1,3-6H,7-12H2. The Morgan fingerprint density at radius 2 is 1.84 bits per heavy atom. The molecule has 1 fully saturated rings. The Labute approximate surface area is 119 Å². The number of halogens is 1. The van der Waals surface area contributed by atoms with Gasteiger partial charge in [0.05, 0.1) is 6.54 Å². The molecule has 0 unspecified atom stereocenters. The first-order valence-corrected chi connectivity index (χ1v) is 6.88. The number of carbonyl (C=O) groups is 1. The van der Waals surface area contributed by atoms with Crippen LogP contribution in [0.15, 0.2) is 24.3 Å². The predicted molar refractivity (Wildman–Crippen MR) is 77.2 cm³/mol. The first-order valence-electron chi connectivity index (χ1n) is 6.34. The molecule has 2 rings (SSSR count). The van der Waals surface area contributed by atoms with Gasteiger partial charge in [-0.05, 0) is 17.7 Å². The van der Waals surface area contributed by atoms with E-state index in [2.05, 4.69) is 10.8 Å². The van der Waals surface area contributed by atoms with E-state index in [-0.39, 0.29) is 5.91 Å². The summed E-state index contributed by atoms with van der Waals surface area (Å²) in [5.41, 5.74) is 1.75. The molecule has 4 heteroatoms. The fourth-order valence-corrected chi connectivity index (χ4v) is 2.34. The van der Waals surface area contributed by atoms with Crippen LogP contribution in [0.2, 0.25) is 0 Å². The SMILES string of the molecule is C#CCN1CCN(C(=O)c2ccc(CCl)cc2)CC1. The highest BCUT2D eigenvalue weighted by Crippen LogP contribution is 2.11. The van der Waals surface area contributed by atoms with Gasteiger partial charge in [-0.2, -0.15) is 0 Å². The van der Waals surface area contributed by atoms with Gasteiger partial charge in [0, 0.05) is 37.6 Å². The molecule has 0 atom stereocenters. The summed E-state index contributed by atoms with van der Waals surface area (Å²) in [6.07, 6.45) is 5.29. The van der Waals surface area contributed by atoms with Crippen LogP contribution in [0.4, 0.5) is 0 Å². The molecular formula is C15H17ClN2O. The zero-order chi connectivity index (χ0) is 13.7. The molecule has 1 saturated heterocycles. The van der Waals surface area contributed by atoms with Crippen LogP contribution in [-0.4, -0.2) is 48.4 Å². The number of carbonyl (C=O) groups excluding carboxylic acids is 1. The Balaban J connectivity index is 1.95. The second kappa shape index (κ2) is 6.60. The molecule has 3 nitrogen and oxygen atoms in total. The minimum absolute atomic E-state index is 0.0847. The zero-order valence-corrected chi connectivity index (χ0v) is 11.6. The van der Waals surface area contributed by atoms with E-state index in [9.17, 15) is 4.79 Å². The van der Waals surface area contributed by atoms with Crippen LogP contribution in [0.5, 0.6) is 0 Å². The molecule has 0 aliphatic carbocycles. The number of alkyl halides is 1. The van der Waals surface area contributed by atoms with Crippen molar-refractivity contribution in [1.29, 1.82) is 0 Å². The topological polar surface area (TPSA) is 23.6 Å². The highest BCUT2D eigenvalue weighted by atomic mass is 35.5. The van der Waals surface area contributed by atoms with Gasteiger partial charge in [-0.25, -0.2) is 0 Å². The largest absolute Gasteiger partial charge is 0.336 e. The van der Waals surface area contributed by atoms with Gasteiger partial charge in [0.15, 0.2) is 0 Å². The summed E-state index contributed by atoms with van der Waals surface area (Å²) in [6, 6.07) is 7.48. The number of hydrogen-bond acceptors (Lipinski definition) is 2. The molecule has 1 aliphatic heterocycles. The number of rotatable bonds is 3.